The molecule has 1 aromatic carbocycles. The van der Waals surface area contributed by atoms with Crippen molar-refractivity contribution in [3.8, 4) is 6.07 Å². The number of halogens is 1. The number of nitrogens with zero attached hydrogens (tertiary/aromatic N) is 2. The number of hydrogen-bond donors (Lipinski definition) is 0. The Morgan fingerprint density at radius 3 is 2.40 bits per heavy atom. The minimum absolute atomic E-state index is 0.157. The highest BCUT2D eigenvalue weighted by Gasteiger charge is 2.18. The summed E-state index contributed by atoms with van der Waals surface area (Å²) in [5, 5.41) is 9.22. The smallest absolute Gasteiger partial charge is 0.124 e. The van der Waals surface area contributed by atoms with Crippen LogP contribution in [0.15, 0.2) is 28.7 Å². The third kappa shape index (κ3) is 2.80. The Kier molecular flexibility index (Phi) is 4.80. The molecule has 0 aliphatic heterocycles. The van der Waals surface area contributed by atoms with E-state index in [4.69, 9.17) is 0 Å². The van der Waals surface area contributed by atoms with Gasteiger partial charge in [-0.3, -0.25) is 4.90 Å². The molecule has 3 heteroatoms. The van der Waals surface area contributed by atoms with Crippen molar-refractivity contribution in [2.24, 2.45) is 0 Å². The van der Waals surface area contributed by atoms with Gasteiger partial charge < -0.3 is 0 Å². The third-order valence-corrected chi connectivity index (χ3v) is 3.22. The Balaban J connectivity index is 3.03. The molecule has 0 saturated carbocycles. The van der Waals surface area contributed by atoms with Gasteiger partial charge in [0.05, 0.1) is 6.07 Å². The molecule has 15 heavy (non-hydrogen) atoms. The van der Waals surface area contributed by atoms with Crippen LogP contribution in [0, 0.1) is 11.3 Å². The minimum atomic E-state index is -0.157. The molecular formula is C12H15BrN2. The summed E-state index contributed by atoms with van der Waals surface area (Å²) in [5.41, 5.74) is 1.05. The Labute approximate surface area is 99.6 Å². The van der Waals surface area contributed by atoms with Crippen molar-refractivity contribution >= 4 is 15.9 Å². The predicted molar refractivity (Wildman–Crippen MR) is 65.4 cm³/mol. The molecule has 0 amide bonds. The Bertz CT molecular complexity index is 353. The second kappa shape index (κ2) is 5.89. The molecule has 0 bridgehead atoms. The summed E-state index contributed by atoms with van der Waals surface area (Å²) in [7, 11) is 0. The fraction of sp³-hybridized carbons (Fsp3) is 0.417. The predicted octanol–water partition coefficient (Wildman–Crippen LogP) is 3.36. The molecule has 0 aliphatic rings. The summed E-state index contributed by atoms with van der Waals surface area (Å²) >= 11 is 3.49. The lowest BCUT2D eigenvalue weighted by Crippen LogP contribution is -2.27. The summed E-state index contributed by atoms with van der Waals surface area (Å²) in [6.07, 6.45) is 0. The maximum Gasteiger partial charge on any atom is 0.124 e. The zero-order valence-electron chi connectivity index (χ0n) is 9.07. The van der Waals surface area contributed by atoms with Gasteiger partial charge in [0.2, 0.25) is 0 Å². The van der Waals surface area contributed by atoms with Crippen molar-refractivity contribution < 1.29 is 0 Å². The molecule has 0 saturated heterocycles. The normalized spacial score (nSPS) is 12.5. The van der Waals surface area contributed by atoms with E-state index in [0.29, 0.717) is 0 Å². The van der Waals surface area contributed by atoms with Crippen LogP contribution in [0.2, 0.25) is 0 Å². The van der Waals surface area contributed by atoms with Gasteiger partial charge in [0.25, 0.3) is 0 Å². The van der Waals surface area contributed by atoms with E-state index < -0.39 is 0 Å². The summed E-state index contributed by atoms with van der Waals surface area (Å²) in [6.45, 7) is 5.92. The molecule has 0 spiro atoms. The summed E-state index contributed by atoms with van der Waals surface area (Å²) in [5.74, 6) is 0. The molecular weight excluding hydrogens is 252 g/mol. The molecule has 1 unspecified atom stereocenters. The van der Waals surface area contributed by atoms with Crippen LogP contribution >= 0.6 is 15.9 Å². The van der Waals surface area contributed by atoms with Gasteiger partial charge in [-0.25, -0.2) is 0 Å². The first-order valence-corrected chi connectivity index (χ1v) is 5.92. The van der Waals surface area contributed by atoms with E-state index in [1.807, 2.05) is 24.3 Å². The molecule has 0 aromatic heterocycles. The van der Waals surface area contributed by atoms with Gasteiger partial charge in [0, 0.05) is 4.47 Å². The highest BCUT2D eigenvalue weighted by Crippen LogP contribution is 2.26. The van der Waals surface area contributed by atoms with E-state index in [1.165, 1.54) is 0 Å². The quantitative estimate of drug-likeness (QED) is 0.836. The first kappa shape index (κ1) is 12.2. The number of nitriles is 1. The monoisotopic (exact) mass is 266 g/mol. The average molecular weight is 267 g/mol. The van der Waals surface area contributed by atoms with E-state index in [-0.39, 0.29) is 6.04 Å². The second-order valence-electron chi connectivity index (χ2n) is 3.27. The number of benzene rings is 1. The zero-order chi connectivity index (χ0) is 11.3. The van der Waals surface area contributed by atoms with Gasteiger partial charge in [0.1, 0.15) is 6.04 Å². The zero-order valence-corrected chi connectivity index (χ0v) is 10.7. The summed E-state index contributed by atoms with van der Waals surface area (Å²) in [6, 6.07) is 10.1. The molecule has 1 rings (SSSR count). The van der Waals surface area contributed by atoms with Crippen LogP contribution < -0.4 is 0 Å². The van der Waals surface area contributed by atoms with Crippen molar-refractivity contribution in [2.45, 2.75) is 19.9 Å². The second-order valence-corrected chi connectivity index (χ2v) is 4.13. The average Bonchev–Trinajstić information content (AvgIpc) is 2.27. The molecule has 1 aromatic rings. The lowest BCUT2D eigenvalue weighted by atomic mass is 10.1. The minimum Gasteiger partial charge on any atom is -0.285 e. The van der Waals surface area contributed by atoms with Crippen LogP contribution in [-0.2, 0) is 0 Å². The first-order chi connectivity index (χ1) is 7.24. The maximum absolute atomic E-state index is 9.22. The molecule has 80 valence electrons. The number of hydrogen-bond acceptors (Lipinski definition) is 2. The molecule has 0 N–H and O–H groups in total. The Hall–Kier alpha value is -0.850. The van der Waals surface area contributed by atoms with E-state index in [0.717, 1.165) is 23.1 Å². The van der Waals surface area contributed by atoms with E-state index in [1.54, 1.807) is 0 Å². The van der Waals surface area contributed by atoms with Gasteiger partial charge in [-0.2, -0.15) is 5.26 Å². The summed E-state index contributed by atoms with van der Waals surface area (Å²) in [4.78, 5) is 2.14. The topological polar surface area (TPSA) is 27.0 Å². The standard InChI is InChI=1S/C12H15BrN2/c1-3-15(4-2)12(9-14)10-7-5-6-8-11(10)13/h5-8,12H,3-4H2,1-2H3. The first-order valence-electron chi connectivity index (χ1n) is 5.12. The largest absolute Gasteiger partial charge is 0.285 e. The maximum atomic E-state index is 9.22. The van der Waals surface area contributed by atoms with Gasteiger partial charge in [-0.05, 0) is 24.7 Å². The lowest BCUT2D eigenvalue weighted by molar-refractivity contribution is 0.262. The molecule has 0 heterocycles. The van der Waals surface area contributed by atoms with Crippen LogP contribution in [0.25, 0.3) is 0 Å². The molecule has 2 nitrogen and oxygen atoms in total. The highest BCUT2D eigenvalue weighted by atomic mass is 79.9. The lowest BCUT2D eigenvalue weighted by Gasteiger charge is -2.24. The Morgan fingerprint density at radius 1 is 1.33 bits per heavy atom. The number of rotatable bonds is 4. The van der Waals surface area contributed by atoms with Crippen molar-refractivity contribution in [3.63, 3.8) is 0 Å². The van der Waals surface area contributed by atoms with Crippen LogP contribution in [0.4, 0.5) is 0 Å². The molecule has 0 aliphatic carbocycles. The van der Waals surface area contributed by atoms with Crippen LogP contribution in [0.5, 0.6) is 0 Å². The molecule has 0 radical (unpaired) electrons. The van der Waals surface area contributed by atoms with E-state index >= 15 is 0 Å². The fourth-order valence-corrected chi connectivity index (χ4v) is 2.14. The Morgan fingerprint density at radius 2 is 1.93 bits per heavy atom. The highest BCUT2D eigenvalue weighted by molar-refractivity contribution is 9.10. The van der Waals surface area contributed by atoms with Gasteiger partial charge in [-0.15, -0.1) is 0 Å². The van der Waals surface area contributed by atoms with Crippen molar-refractivity contribution in [1.29, 1.82) is 5.26 Å². The van der Waals surface area contributed by atoms with Gasteiger partial charge in [0.15, 0.2) is 0 Å². The van der Waals surface area contributed by atoms with Crippen molar-refractivity contribution in [1.82, 2.24) is 4.90 Å². The van der Waals surface area contributed by atoms with E-state index in [9.17, 15) is 5.26 Å². The third-order valence-electron chi connectivity index (χ3n) is 2.50. The van der Waals surface area contributed by atoms with Crippen molar-refractivity contribution in [2.75, 3.05) is 13.1 Å². The summed E-state index contributed by atoms with van der Waals surface area (Å²) < 4.78 is 1.00. The van der Waals surface area contributed by atoms with Gasteiger partial charge in [-0.1, -0.05) is 48.0 Å². The van der Waals surface area contributed by atoms with Crippen LogP contribution in [0.1, 0.15) is 25.5 Å². The van der Waals surface area contributed by atoms with Crippen LogP contribution in [0.3, 0.4) is 0 Å². The SMILES string of the molecule is CCN(CC)C(C#N)c1ccccc1Br. The molecule has 1 atom stereocenters. The van der Waals surface area contributed by atoms with Crippen LogP contribution in [-0.4, -0.2) is 18.0 Å². The van der Waals surface area contributed by atoms with Gasteiger partial charge >= 0.3 is 0 Å². The fourth-order valence-electron chi connectivity index (χ4n) is 1.63. The van der Waals surface area contributed by atoms with E-state index in [2.05, 4.69) is 40.7 Å². The molecule has 0 fully saturated rings. The van der Waals surface area contributed by atoms with Crippen molar-refractivity contribution in [3.05, 3.63) is 34.3 Å².